The number of rotatable bonds is 6. The quantitative estimate of drug-likeness (QED) is 0.783. The van der Waals surface area contributed by atoms with E-state index in [9.17, 15) is 4.79 Å². The van der Waals surface area contributed by atoms with Gasteiger partial charge in [0, 0.05) is 19.0 Å². The molecule has 3 nitrogen and oxygen atoms in total. The van der Waals surface area contributed by atoms with Crippen LogP contribution in [0.1, 0.15) is 46.0 Å². The van der Waals surface area contributed by atoms with Gasteiger partial charge in [-0.15, -0.1) is 12.4 Å². The molecule has 1 rings (SSSR count). The maximum atomic E-state index is 11.7. The van der Waals surface area contributed by atoms with Gasteiger partial charge in [0.05, 0.1) is 0 Å². The molecule has 1 atom stereocenters. The summed E-state index contributed by atoms with van der Waals surface area (Å²) in [5.41, 5.74) is 0. The van der Waals surface area contributed by atoms with Crippen LogP contribution in [-0.2, 0) is 4.79 Å². The van der Waals surface area contributed by atoms with Crippen LogP contribution in [0.2, 0.25) is 0 Å². The van der Waals surface area contributed by atoms with E-state index in [-0.39, 0.29) is 24.2 Å². The fourth-order valence-electron chi connectivity index (χ4n) is 2.66. The Hall–Kier alpha value is -0.280. The third-order valence-corrected chi connectivity index (χ3v) is 4.07. The lowest BCUT2D eigenvalue weighted by atomic mass is 9.81. The minimum absolute atomic E-state index is 0. The van der Waals surface area contributed by atoms with Crippen molar-refractivity contribution in [2.24, 2.45) is 17.8 Å². The zero-order chi connectivity index (χ0) is 12.7. The van der Waals surface area contributed by atoms with E-state index in [1.807, 2.05) is 14.0 Å². The van der Waals surface area contributed by atoms with Gasteiger partial charge < -0.3 is 10.6 Å². The van der Waals surface area contributed by atoms with Crippen molar-refractivity contribution in [3.63, 3.8) is 0 Å². The summed E-state index contributed by atoms with van der Waals surface area (Å²) >= 11 is 0. The van der Waals surface area contributed by atoms with Gasteiger partial charge in [-0.2, -0.15) is 0 Å². The molecular weight excluding hydrogens is 248 g/mol. The summed E-state index contributed by atoms with van der Waals surface area (Å²) in [6, 6.07) is 0. The smallest absolute Gasteiger partial charge is 0.224 e. The molecule has 0 spiro atoms. The van der Waals surface area contributed by atoms with Crippen LogP contribution in [0.4, 0.5) is 0 Å². The van der Waals surface area contributed by atoms with Crippen LogP contribution in [0.15, 0.2) is 0 Å². The molecule has 0 aliphatic heterocycles. The molecule has 1 amide bonds. The molecule has 0 heterocycles. The van der Waals surface area contributed by atoms with Crippen molar-refractivity contribution in [1.82, 2.24) is 10.6 Å². The summed E-state index contributed by atoms with van der Waals surface area (Å²) in [6.45, 7) is 5.89. The Bertz CT molecular complexity index is 228. The molecule has 0 radical (unpaired) electrons. The highest BCUT2D eigenvalue weighted by atomic mass is 35.5. The molecule has 108 valence electrons. The lowest BCUT2D eigenvalue weighted by Crippen LogP contribution is -2.37. The standard InChI is InChI=1S/C14H28N2O.ClH/c1-4-12-5-7-13(8-6-12)10-16-14(17)11(2)9-15-3;/h11-13,15H,4-10H2,1-3H3,(H,16,17);1H. The highest BCUT2D eigenvalue weighted by Crippen LogP contribution is 2.30. The fraction of sp³-hybridized carbons (Fsp3) is 0.929. The van der Waals surface area contributed by atoms with Crippen LogP contribution in [0, 0.1) is 17.8 Å². The van der Waals surface area contributed by atoms with Gasteiger partial charge in [0.2, 0.25) is 5.91 Å². The van der Waals surface area contributed by atoms with E-state index in [4.69, 9.17) is 0 Å². The minimum Gasteiger partial charge on any atom is -0.356 e. The molecule has 1 unspecified atom stereocenters. The van der Waals surface area contributed by atoms with Gasteiger partial charge in [-0.25, -0.2) is 0 Å². The molecule has 0 bridgehead atoms. The zero-order valence-corrected chi connectivity index (χ0v) is 12.8. The topological polar surface area (TPSA) is 41.1 Å². The lowest BCUT2D eigenvalue weighted by Gasteiger charge is -2.28. The summed E-state index contributed by atoms with van der Waals surface area (Å²) < 4.78 is 0. The number of carbonyl (C=O) groups is 1. The number of hydrogen-bond donors (Lipinski definition) is 2. The Labute approximate surface area is 118 Å². The summed E-state index contributed by atoms with van der Waals surface area (Å²) in [6.07, 6.45) is 6.60. The number of carbonyl (C=O) groups excluding carboxylic acids is 1. The van der Waals surface area contributed by atoms with Crippen LogP contribution in [-0.4, -0.2) is 26.0 Å². The van der Waals surface area contributed by atoms with E-state index in [1.165, 1.54) is 32.1 Å². The summed E-state index contributed by atoms with van der Waals surface area (Å²) in [5, 5.41) is 6.13. The largest absolute Gasteiger partial charge is 0.356 e. The van der Waals surface area contributed by atoms with E-state index in [2.05, 4.69) is 17.6 Å². The van der Waals surface area contributed by atoms with Crippen molar-refractivity contribution in [2.45, 2.75) is 46.0 Å². The molecule has 0 aromatic carbocycles. The molecule has 18 heavy (non-hydrogen) atoms. The van der Waals surface area contributed by atoms with Crippen molar-refractivity contribution in [3.05, 3.63) is 0 Å². The first-order chi connectivity index (χ1) is 8.17. The Morgan fingerprint density at radius 3 is 2.28 bits per heavy atom. The predicted molar refractivity (Wildman–Crippen MR) is 79.1 cm³/mol. The Kier molecular flexibility index (Phi) is 9.47. The molecule has 1 aliphatic carbocycles. The molecule has 2 N–H and O–H groups in total. The fourth-order valence-corrected chi connectivity index (χ4v) is 2.66. The summed E-state index contributed by atoms with van der Waals surface area (Å²) in [5.74, 6) is 1.91. The van der Waals surface area contributed by atoms with Crippen molar-refractivity contribution in [3.8, 4) is 0 Å². The first kappa shape index (κ1) is 17.7. The van der Waals surface area contributed by atoms with Crippen molar-refractivity contribution < 1.29 is 4.79 Å². The minimum atomic E-state index is 0. The Balaban J connectivity index is 0.00000289. The second kappa shape index (κ2) is 9.62. The Morgan fingerprint density at radius 1 is 1.22 bits per heavy atom. The van der Waals surface area contributed by atoms with Crippen LogP contribution < -0.4 is 10.6 Å². The first-order valence-electron chi connectivity index (χ1n) is 7.09. The monoisotopic (exact) mass is 276 g/mol. The van der Waals surface area contributed by atoms with Crippen molar-refractivity contribution in [2.75, 3.05) is 20.1 Å². The SMILES string of the molecule is CCC1CCC(CNC(=O)C(C)CNC)CC1.Cl. The molecule has 0 saturated heterocycles. The number of nitrogens with one attached hydrogen (secondary N) is 2. The van der Waals surface area contributed by atoms with Gasteiger partial charge in [-0.05, 0) is 31.7 Å². The van der Waals surface area contributed by atoms with Crippen molar-refractivity contribution in [1.29, 1.82) is 0 Å². The summed E-state index contributed by atoms with van der Waals surface area (Å²) in [4.78, 5) is 11.7. The molecule has 1 fully saturated rings. The average molecular weight is 277 g/mol. The highest BCUT2D eigenvalue weighted by Gasteiger charge is 2.21. The van der Waals surface area contributed by atoms with Crippen LogP contribution in [0.5, 0.6) is 0 Å². The zero-order valence-electron chi connectivity index (χ0n) is 12.0. The maximum absolute atomic E-state index is 11.7. The van der Waals surface area contributed by atoms with Gasteiger partial charge in [0.15, 0.2) is 0 Å². The Morgan fingerprint density at radius 2 is 1.78 bits per heavy atom. The molecule has 4 heteroatoms. The average Bonchev–Trinajstić information content (AvgIpc) is 2.36. The van der Waals surface area contributed by atoms with E-state index >= 15 is 0 Å². The lowest BCUT2D eigenvalue weighted by molar-refractivity contribution is -0.124. The van der Waals surface area contributed by atoms with Crippen molar-refractivity contribution >= 4 is 18.3 Å². The van der Waals surface area contributed by atoms with E-state index in [0.29, 0.717) is 5.92 Å². The van der Waals surface area contributed by atoms with Crippen LogP contribution >= 0.6 is 12.4 Å². The van der Waals surface area contributed by atoms with Crippen LogP contribution in [0.25, 0.3) is 0 Å². The molecular formula is C14H29ClN2O. The highest BCUT2D eigenvalue weighted by molar-refractivity contribution is 5.85. The molecule has 1 saturated carbocycles. The molecule has 0 aromatic heterocycles. The number of halogens is 1. The molecule has 0 aromatic rings. The van der Waals surface area contributed by atoms with Gasteiger partial charge in [-0.3, -0.25) is 4.79 Å². The number of hydrogen-bond acceptors (Lipinski definition) is 2. The number of amides is 1. The third-order valence-electron chi connectivity index (χ3n) is 4.07. The van der Waals surface area contributed by atoms with Gasteiger partial charge in [-0.1, -0.05) is 33.1 Å². The summed E-state index contributed by atoms with van der Waals surface area (Å²) in [7, 11) is 1.88. The van der Waals surface area contributed by atoms with E-state index < -0.39 is 0 Å². The van der Waals surface area contributed by atoms with Crippen LogP contribution in [0.3, 0.4) is 0 Å². The maximum Gasteiger partial charge on any atom is 0.224 e. The third kappa shape index (κ3) is 6.05. The van der Waals surface area contributed by atoms with E-state index in [1.54, 1.807) is 0 Å². The normalized spacial score (nSPS) is 25.1. The van der Waals surface area contributed by atoms with Gasteiger partial charge in [0.25, 0.3) is 0 Å². The van der Waals surface area contributed by atoms with Gasteiger partial charge >= 0.3 is 0 Å². The second-order valence-corrected chi connectivity index (χ2v) is 5.50. The molecule has 1 aliphatic rings. The first-order valence-corrected chi connectivity index (χ1v) is 7.09. The second-order valence-electron chi connectivity index (χ2n) is 5.50. The van der Waals surface area contributed by atoms with Gasteiger partial charge in [0.1, 0.15) is 0 Å². The van der Waals surface area contributed by atoms with E-state index in [0.717, 1.165) is 19.0 Å². The predicted octanol–water partition coefficient (Wildman–Crippen LogP) is 2.60.